The number of para-hydroxylation sites is 1. The number of hydrogen-bond acceptors (Lipinski definition) is 4. The number of nitrogens with zero attached hydrogens (tertiary/aromatic N) is 1. The number of unbranched alkanes of at least 4 members (excludes halogenated alkanes) is 11. The second kappa shape index (κ2) is 21.9. The Bertz CT molecular complexity index is 894. The number of carbonyl (C=O) groups is 1. The summed E-state index contributed by atoms with van der Waals surface area (Å²) in [7, 11) is 3.58. The minimum Gasteiger partial charge on any atom is -1.00 e. The Morgan fingerprint density at radius 1 is 0.842 bits per heavy atom. The Hall–Kier alpha value is -2.03. The molecule has 0 bridgehead atoms. The zero-order valence-corrected chi connectivity index (χ0v) is 26.0. The summed E-state index contributed by atoms with van der Waals surface area (Å²) in [4.78, 5) is 12.3. The summed E-state index contributed by atoms with van der Waals surface area (Å²) in [5, 5.41) is 2.91. The van der Waals surface area contributed by atoms with Gasteiger partial charge in [0, 0.05) is 18.2 Å². The molecule has 0 radical (unpaired) electrons. The van der Waals surface area contributed by atoms with Crippen molar-refractivity contribution in [2.24, 2.45) is 7.05 Å². The van der Waals surface area contributed by atoms with E-state index >= 15 is 0 Å². The molecule has 0 aliphatic carbocycles. The Labute approximate surface area is 247 Å². The summed E-state index contributed by atoms with van der Waals surface area (Å²) in [5.41, 5.74) is 1.17. The van der Waals surface area contributed by atoms with E-state index in [0.29, 0.717) is 30.4 Å². The maximum Gasteiger partial charge on any atom is 0.257 e. The molecule has 1 heterocycles. The predicted molar refractivity (Wildman–Crippen MR) is 149 cm³/mol. The van der Waals surface area contributed by atoms with Crippen LogP contribution >= 0.6 is 0 Å². The molecule has 2 aromatic rings. The topological polar surface area (TPSA) is 60.7 Å². The van der Waals surface area contributed by atoms with Crippen LogP contribution in [0.25, 0.3) is 0 Å². The van der Waals surface area contributed by atoms with Crippen LogP contribution in [0.15, 0.2) is 42.7 Å². The monoisotopic (exact) mass is 640 g/mol. The minimum atomic E-state index is -0.162. The highest BCUT2D eigenvalue weighted by Gasteiger charge is 2.13. The number of benzene rings is 1. The van der Waals surface area contributed by atoms with Gasteiger partial charge in [-0.05, 0) is 31.0 Å². The highest BCUT2D eigenvalue weighted by Crippen LogP contribution is 2.37. The Kier molecular flexibility index (Phi) is 19.6. The molecule has 0 aliphatic rings. The van der Waals surface area contributed by atoms with Gasteiger partial charge in [-0.15, -0.1) is 0 Å². The third-order valence-corrected chi connectivity index (χ3v) is 6.50. The van der Waals surface area contributed by atoms with E-state index in [4.69, 9.17) is 14.2 Å². The van der Waals surface area contributed by atoms with E-state index < -0.39 is 0 Å². The van der Waals surface area contributed by atoms with Crippen molar-refractivity contribution in [1.82, 2.24) is 5.32 Å². The van der Waals surface area contributed by atoms with E-state index in [9.17, 15) is 4.79 Å². The molecular weight excluding hydrogens is 591 g/mol. The number of rotatable bonds is 21. The van der Waals surface area contributed by atoms with E-state index in [0.717, 1.165) is 12.8 Å². The molecule has 214 valence electrons. The Balaban J connectivity index is 0.00000722. The predicted octanol–water partition coefficient (Wildman–Crippen LogP) is 3.34. The van der Waals surface area contributed by atoms with E-state index in [-0.39, 0.29) is 36.5 Å². The number of halogens is 1. The van der Waals surface area contributed by atoms with Crippen LogP contribution in [0.1, 0.15) is 89.5 Å². The minimum absolute atomic E-state index is 0. The molecule has 2 rings (SSSR count). The molecule has 0 saturated carbocycles. The lowest BCUT2D eigenvalue weighted by Gasteiger charge is -2.15. The number of hydrogen-bond donors (Lipinski definition) is 1. The molecule has 1 aromatic heterocycles. The van der Waals surface area contributed by atoms with Crippen LogP contribution in [-0.4, -0.2) is 32.8 Å². The van der Waals surface area contributed by atoms with E-state index in [1.165, 1.54) is 76.2 Å². The first-order valence-electron chi connectivity index (χ1n) is 14.3. The average molecular weight is 641 g/mol. The van der Waals surface area contributed by atoms with Crippen molar-refractivity contribution in [3.8, 4) is 17.2 Å². The molecule has 0 aliphatic heterocycles. The van der Waals surface area contributed by atoms with Gasteiger partial charge in [-0.2, -0.15) is 0 Å². The van der Waals surface area contributed by atoms with Crippen LogP contribution in [0.5, 0.6) is 17.2 Å². The zero-order chi connectivity index (χ0) is 26.6. The van der Waals surface area contributed by atoms with E-state index in [2.05, 4.69) is 24.5 Å². The molecule has 0 atom stereocenters. The van der Waals surface area contributed by atoms with Gasteiger partial charge in [-0.3, -0.25) is 4.79 Å². The number of aryl methyl sites for hydroxylation is 1. The number of carbonyl (C=O) groups excluding carboxylic acids is 1. The highest BCUT2D eigenvalue weighted by molar-refractivity contribution is 5.77. The van der Waals surface area contributed by atoms with E-state index in [1.807, 2.05) is 36.0 Å². The van der Waals surface area contributed by atoms with Crippen molar-refractivity contribution in [1.29, 1.82) is 0 Å². The molecule has 1 amide bonds. The maximum atomic E-state index is 12.3. The van der Waals surface area contributed by atoms with Gasteiger partial charge in [0.2, 0.25) is 5.75 Å². The molecule has 6 nitrogen and oxygen atoms in total. The molecule has 7 heteroatoms. The van der Waals surface area contributed by atoms with Crippen molar-refractivity contribution in [2.45, 2.75) is 90.4 Å². The lowest BCUT2D eigenvalue weighted by molar-refractivity contribution is -0.671. The van der Waals surface area contributed by atoms with Crippen molar-refractivity contribution in [3.63, 3.8) is 0 Å². The second-order valence-corrected chi connectivity index (χ2v) is 9.79. The van der Waals surface area contributed by atoms with Gasteiger partial charge in [-0.25, -0.2) is 4.57 Å². The quantitative estimate of drug-likeness (QED) is 0.129. The molecule has 0 fully saturated rings. The smallest absolute Gasteiger partial charge is 0.257 e. The number of ether oxygens (including phenoxy) is 3. The van der Waals surface area contributed by atoms with E-state index in [1.54, 1.807) is 13.2 Å². The number of amides is 1. The second-order valence-electron chi connectivity index (χ2n) is 9.79. The standard InChI is InChI=1S/C31H48N2O4.HI/c1-4-5-6-7-8-9-10-11-12-13-14-15-24-36-28-19-16-20-29(31(28)35-3)37-26-30(34)32-22-21-27-18-17-23-33(2)25-27;/h16-20,23,25H,4-15,21-22,24,26H2,1-3H3;1H. The summed E-state index contributed by atoms with van der Waals surface area (Å²) in [6, 6.07) is 9.59. The average Bonchev–Trinajstić information content (AvgIpc) is 2.90. The SMILES string of the molecule is CCCCCCCCCCCCCCOc1cccc(OCC(=O)NCCc2ccc[n+](C)c2)c1OC.[I-]. The van der Waals surface area contributed by atoms with Gasteiger partial charge in [0.05, 0.1) is 13.7 Å². The summed E-state index contributed by atoms with van der Waals surface area (Å²) >= 11 is 0. The van der Waals surface area contributed by atoms with Crippen LogP contribution in [0, 0.1) is 0 Å². The maximum absolute atomic E-state index is 12.3. The van der Waals surface area contributed by atoms with Crippen LogP contribution < -0.4 is 48.1 Å². The zero-order valence-electron chi connectivity index (χ0n) is 23.8. The first-order chi connectivity index (χ1) is 18.1. The third kappa shape index (κ3) is 14.8. The van der Waals surface area contributed by atoms with Gasteiger partial charge >= 0.3 is 0 Å². The number of aromatic nitrogens is 1. The summed E-state index contributed by atoms with van der Waals surface area (Å²) < 4.78 is 19.3. The Morgan fingerprint density at radius 2 is 1.45 bits per heavy atom. The van der Waals surface area contributed by atoms with Crippen molar-refractivity contribution in [2.75, 3.05) is 26.9 Å². The van der Waals surface area contributed by atoms with Gasteiger partial charge in [0.15, 0.2) is 30.5 Å². The molecule has 1 aromatic carbocycles. The van der Waals surface area contributed by atoms with Crippen LogP contribution in [0.2, 0.25) is 0 Å². The molecule has 0 spiro atoms. The van der Waals surface area contributed by atoms with Gasteiger partial charge in [-0.1, -0.05) is 83.6 Å². The van der Waals surface area contributed by atoms with Crippen molar-refractivity contribution < 1.29 is 47.5 Å². The molecule has 0 unspecified atom stereocenters. The fourth-order valence-corrected chi connectivity index (χ4v) is 4.39. The van der Waals surface area contributed by atoms with Crippen LogP contribution in [-0.2, 0) is 18.3 Å². The van der Waals surface area contributed by atoms with Crippen LogP contribution in [0.3, 0.4) is 0 Å². The Morgan fingerprint density at radius 3 is 2.05 bits per heavy atom. The number of pyridine rings is 1. The summed E-state index contributed by atoms with van der Waals surface area (Å²) in [5.74, 6) is 1.54. The lowest BCUT2D eigenvalue weighted by atomic mass is 10.1. The molecule has 38 heavy (non-hydrogen) atoms. The first-order valence-corrected chi connectivity index (χ1v) is 14.3. The third-order valence-electron chi connectivity index (χ3n) is 6.50. The largest absolute Gasteiger partial charge is 1.00 e. The fraction of sp³-hybridized carbons (Fsp3) is 0.613. The van der Waals surface area contributed by atoms with Crippen molar-refractivity contribution in [3.05, 3.63) is 48.3 Å². The van der Waals surface area contributed by atoms with Gasteiger partial charge in [0.1, 0.15) is 7.05 Å². The number of methoxy groups -OCH3 is 1. The van der Waals surface area contributed by atoms with Gasteiger partial charge in [0.25, 0.3) is 5.91 Å². The number of nitrogens with one attached hydrogen (secondary N) is 1. The first kappa shape index (κ1) is 34.0. The normalized spacial score (nSPS) is 10.5. The fourth-order valence-electron chi connectivity index (χ4n) is 4.39. The highest BCUT2D eigenvalue weighted by atomic mass is 127. The summed E-state index contributed by atoms with van der Waals surface area (Å²) in [6.45, 7) is 3.41. The van der Waals surface area contributed by atoms with Gasteiger partial charge < -0.3 is 43.5 Å². The van der Waals surface area contributed by atoms with Crippen molar-refractivity contribution >= 4 is 5.91 Å². The molecular formula is C31H49IN2O4. The lowest BCUT2D eigenvalue weighted by Crippen LogP contribution is -3.00. The summed E-state index contributed by atoms with van der Waals surface area (Å²) in [6.07, 6.45) is 20.6. The van der Waals surface area contributed by atoms with Crippen LogP contribution in [0.4, 0.5) is 0 Å². The molecule has 0 saturated heterocycles. The molecule has 1 N–H and O–H groups in total.